The molecule has 1 aliphatic heterocycles. The smallest absolute Gasteiger partial charge is 0.251 e. The number of hydrogen-bond donors (Lipinski definition) is 1. The van der Waals surface area contributed by atoms with E-state index in [9.17, 15) is 4.79 Å². The number of rotatable bonds is 7. The van der Waals surface area contributed by atoms with Crippen molar-refractivity contribution in [2.24, 2.45) is 0 Å². The molecule has 3 aromatic heterocycles. The van der Waals surface area contributed by atoms with E-state index in [4.69, 9.17) is 4.74 Å². The number of pyridine rings is 2. The van der Waals surface area contributed by atoms with Crippen molar-refractivity contribution in [3.8, 4) is 5.75 Å². The number of imidazole rings is 1. The van der Waals surface area contributed by atoms with Gasteiger partial charge in [0, 0.05) is 49.4 Å². The van der Waals surface area contributed by atoms with Crippen molar-refractivity contribution in [3.05, 3.63) is 89.5 Å². The molecule has 1 fully saturated rings. The fourth-order valence-corrected chi connectivity index (χ4v) is 4.32. The third-order valence-electron chi connectivity index (χ3n) is 6.11. The van der Waals surface area contributed by atoms with Crippen LogP contribution >= 0.6 is 0 Å². The highest BCUT2D eigenvalue weighted by Crippen LogP contribution is 2.22. The molecule has 1 N–H and O–H groups in total. The number of anilines is 1. The number of nitrogens with zero attached hydrogens (tertiary/aromatic N) is 4. The Morgan fingerprint density at radius 1 is 1.03 bits per heavy atom. The van der Waals surface area contributed by atoms with Crippen LogP contribution in [0.1, 0.15) is 46.4 Å². The van der Waals surface area contributed by atoms with Crippen molar-refractivity contribution in [1.82, 2.24) is 19.7 Å². The summed E-state index contributed by atoms with van der Waals surface area (Å²) in [4.78, 5) is 24.2. The van der Waals surface area contributed by atoms with Gasteiger partial charge in [-0.1, -0.05) is 12.1 Å². The standard InChI is InChI=1S/C27H29N5O2/c1-20-7-12-25-30-23(18-32(25)17-20)19-34-24-10-8-21(9-11-24)27(33)29-16-22-6-5-13-28-26(22)31-14-3-2-4-15-31/h5-13,17-18H,2-4,14-16,19H2,1H3,(H,29,33). The Hall–Kier alpha value is -3.87. The summed E-state index contributed by atoms with van der Waals surface area (Å²) in [6.45, 7) is 4.91. The van der Waals surface area contributed by atoms with Gasteiger partial charge < -0.3 is 19.4 Å². The van der Waals surface area contributed by atoms with Gasteiger partial charge in [-0.3, -0.25) is 4.79 Å². The van der Waals surface area contributed by atoms with Crippen LogP contribution in [0.15, 0.2) is 67.1 Å². The first-order valence-corrected chi connectivity index (χ1v) is 11.8. The van der Waals surface area contributed by atoms with Crippen molar-refractivity contribution in [2.75, 3.05) is 18.0 Å². The first kappa shape index (κ1) is 21.9. The molecule has 4 heterocycles. The molecule has 7 heteroatoms. The molecule has 4 aromatic rings. The molecule has 0 aliphatic carbocycles. The van der Waals surface area contributed by atoms with Gasteiger partial charge in [-0.15, -0.1) is 0 Å². The monoisotopic (exact) mass is 455 g/mol. The molecule has 0 saturated carbocycles. The van der Waals surface area contributed by atoms with E-state index < -0.39 is 0 Å². The summed E-state index contributed by atoms with van der Waals surface area (Å²) in [5.74, 6) is 1.56. The topological polar surface area (TPSA) is 71.8 Å². The van der Waals surface area contributed by atoms with Crippen molar-refractivity contribution in [2.45, 2.75) is 39.3 Å². The van der Waals surface area contributed by atoms with Gasteiger partial charge in [0.2, 0.25) is 0 Å². The number of fused-ring (bicyclic) bond motifs is 1. The van der Waals surface area contributed by atoms with Crippen molar-refractivity contribution in [1.29, 1.82) is 0 Å². The molecule has 0 unspecified atom stereocenters. The summed E-state index contributed by atoms with van der Waals surface area (Å²) in [5, 5.41) is 3.03. The largest absolute Gasteiger partial charge is 0.487 e. The molecule has 7 nitrogen and oxygen atoms in total. The third kappa shape index (κ3) is 5.03. The number of benzene rings is 1. The van der Waals surface area contributed by atoms with Crippen LogP contribution in [0.3, 0.4) is 0 Å². The number of amides is 1. The van der Waals surface area contributed by atoms with Gasteiger partial charge in [0.15, 0.2) is 0 Å². The van der Waals surface area contributed by atoms with Gasteiger partial charge in [-0.25, -0.2) is 9.97 Å². The molecular formula is C27H29N5O2. The van der Waals surface area contributed by atoms with Crippen LogP contribution in [0, 0.1) is 6.92 Å². The van der Waals surface area contributed by atoms with Crippen molar-refractivity contribution in [3.63, 3.8) is 0 Å². The van der Waals surface area contributed by atoms with Gasteiger partial charge in [-0.05, 0) is 68.1 Å². The second-order valence-corrected chi connectivity index (χ2v) is 8.73. The lowest BCUT2D eigenvalue weighted by atomic mass is 10.1. The Morgan fingerprint density at radius 3 is 2.68 bits per heavy atom. The first-order valence-electron chi connectivity index (χ1n) is 11.8. The molecule has 0 atom stereocenters. The Morgan fingerprint density at radius 2 is 1.85 bits per heavy atom. The minimum atomic E-state index is -0.115. The summed E-state index contributed by atoms with van der Waals surface area (Å²) in [5.41, 5.74) is 4.57. The quantitative estimate of drug-likeness (QED) is 0.443. The van der Waals surface area contributed by atoms with E-state index in [1.54, 1.807) is 12.1 Å². The highest BCUT2D eigenvalue weighted by atomic mass is 16.5. The van der Waals surface area contributed by atoms with Gasteiger partial charge in [-0.2, -0.15) is 0 Å². The maximum atomic E-state index is 12.7. The zero-order valence-corrected chi connectivity index (χ0v) is 19.4. The maximum Gasteiger partial charge on any atom is 0.251 e. The fraction of sp³-hybridized carbons (Fsp3) is 0.296. The average Bonchev–Trinajstić information content (AvgIpc) is 3.29. The molecular weight excluding hydrogens is 426 g/mol. The van der Waals surface area contributed by atoms with Crippen LogP contribution in [0.25, 0.3) is 5.65 Å². The number of carbonyl (C=O) groups is 1. The Bertz CT molecular complexity index is 1280. The minimum absolute atomic E-state index is 0.115. The number of aryl methyl sites for hydroxylation is 1. The van der Waals surface area contributed by atoms with E-state index in [0.29, 0.717) is 24.5 Å². The summed E-state index contributed by atoms with van der Waals surface area (Å²) in [7, 11) is 0. The third-order valence-corrected chi connectivity index (χ3v) is 6.11. The molecule has 1 amide bonds. The number of aromatic nitrogens is 3. The molecule has 0 radical (unpaired) electrons. The highest BCUT2D eigenvalue weighted by molar-refractivity contribution is 5.94. The molecule has 0 spiro atoms. The predicted molar refractivity (Wildman–Crippen MR) is 132 cm³/mol. The average molecular weight is 456 g/mol. The van der Waals surface area contributed by atoms with Crippen LogP contribution < -0.4 is 15.0 Å². The van der Waals surface area contributed by atoms with Crippen LogP contribution in [0.5, 0.6) is 5.75 Å². The zero-order chi connectivity index (χ0) is 23.3. The van der Waals surface area contributed by atoms with Crippen LogP contribution in [0.2, 0.25) is 0 Å². The van der Waals surface area contributed by atoms with Gasteiger partial charge in [0.25, 0.3) is 5.91 Å². The second-order valence-electron chi connectivity index (χ2n) is 8.73. The molecule has 34 heavy (non-hydrogen) atoms. The summed E-state index contributed by atoms with van der Waals surface area (Å²) in [6.07, 6.45) is 9.48. The molecule has 1 saturated heterocycles. The maximum absolute atomic E-state index is 12.7. The highest BCUT2D eigenvalue weighted by Gasteiger charge is 2.16. The lowest BCUT2D eigenvalue weighted by Gasteiger charge is -2.29. The van der Waals surface area contributed by atoms with Gasteiger partial charge >= 0.3 is 0 Å². The van der Waals surface area contributed by atoms with Crippen molar-refractivity contribution < 1.29 is 9.53 Å². The normalized spacial score (nSPS) is 13.7. The Balaban J connectivity index is 1.17. The van der Waals surface area contributed by atoms with E-state index in [2.05, 4.69) is 27.1 Å². The first-order chi connectivity index (χ1) is 16.7. The van der Waals surface area contributed by atoms with Crippen molar-refractivity contribution >= 4 is 17.4 Å². The Kier molecular flexibility index (Phi) is 6.42. The minimum Gasteiger partial charge on any atom is -0.487 e. The van der Waals surface area contributed by atoms with Crippen LogP contribution in [-0.4, -0.2) is 33.4 Å². The number of carbonyl (C=O) groups excluding carboxylic acids is 1. The molecule has 174 valence electrons. The van der Waals surface area contributed by atoms with Crippen LogP contribution in [-0.2, 0) is 13.2 Å². The van der Waals surface area contributed by atoms with E-state index in [0.717, 1.165) is 35.8 Å². The van der Waals surface area contributed by atoms with Gasteiger partial charge in [0.05, 0.1) is 5.69 Å². The van der Waals surface area contributed by atoms with E-state index in [-0.39, 0.29) is 5.91 Å². The lowest BCUT2D eigenvalue weighted by molar-refractivity contribution is 0.0951. The van der Waals surface area contributed by atoms with E-state index in [1.165, 1.54) is 24.8 Å². The number of hydrogen-bond acceptors (Lipinski definition) is 5. The second kappa shape index (κ2) is 9.95. The molecule has 5 rings (SSSR count). The summed E-state index contributed by atoms with van der Waals surface area (Å²) in [6, 6.07) is 15.2. The summed E-state index contributed by atoms with van der Waals surface area (Å²) < 4.78 is 7.88. The molecule has 1 aromatic carbocycles. The summed E-state index contributed by atoms with van der Waals surface area (Å²) >= 11 is 0. The zero-order valence-electron chi connectivity index (χ0n) is 19.4. The SMILES string of the molecule is Cc1ccc2nc(COc3ccc(C(=O)NCc4cccnc4N4CCCCC4)cc3)cn2c1. The fourth-order valence-electron chi connectivity index (χ4n) is 4.32. The van der Waals surface area contributed by atoms with Crippen LogP contribution in [0.4, 0.5) is 5.82 Å². The molecule has 0 bridgehead atoms. The van der Waals surface area contributed by atoms with E-state index >= 15 is 0 Å². The lowest BCUT2D eigenvalue weighted by Crippen LogP contribution is -2.32. The number of nitrogens with one attached hydrogen (secondary N) is 1. The predicted octanol–water partition coefficient (Wildman–Crippen LogP) is 4.54. The Labute approximate surface area is 199 Å². The van der Waals surface area contributed by atoms with Gasteiger partial charge in [0.1, 0.15) is 23.8 Å². The number of ether oxygens (including phenoxy) is 1. The van der Waals surface area contributed by atoms with E-state index in [1.807, 2.05) is 59.4 Å². The molecule has 1 aliphatic rings. The number of piperidine rings is 1.